The van der Waals surface area contributed by atoms with Crippen molar-refractivity contribution >= 4 is 47.2 Å². The fourth-order valence-corrected chi connectivity index (χ4v) is 4.69. The summed E-state index contributed by atoms with van der Waals surface area (Å²) in [5, 5.41) is 3.65. The summed E-state index contributed by atoms with van der Waals surface area (Å²) in [6.45, 7) is 4.61. The summed E-state index contributed by atoms with van der Waals surface area (Å²) in [5.41, 5.74) is 3.95. The summed E-state index contributed by atoms with van der Waals surface area (Å²) in [7, 11) is 0. The van der Waals surface area contributed by atoms with Crippen LogP contribution >= 0.6 is 35.6 Å². The summed E-state index contributed by atoms with van der Waals surface area (Å²) in [6.07, 6.45) is 3.50. The molecule has 7 heteroatoms. The van der Waals surface area contributed by atoms with E-state index < -0.39 is 0 Å². The molecule has 4 rings (SSSR count). The van der Waals surface area contributed by atoms with Crippen LogP contribution < -0.4 is 10.1 Å². The van der Waals surface area contributed by atoms with Crippen LogP contribution in [0.1, 0.15) is 47.3 Å². The molecule has 2 aliphatic heterocycles. The Bertz CT molecular complexity index is 865. The highest BCUT2D eigenvalue weighted by Gasteiger charge is 2.31. The smallest absolute Gasteiger partial charge is 0.255 e. The highest BCUT2D eigenvalue weighted by atomic mass is 35.5. The normalized spacial score (nSPS) is 18.0. The summed E-state index contributed by atoms with van der Waals surface area (Å²) >= 11 is 12.4. The Kier molecular flexibility index (Phi) is 6.77. The number of hydrogen-bond acceptors (Lipinski definition) is 3. The topological polar surface area (TPSA) is 41.6 Å². The molecule has 0 spiro atoms. The fourth-order valence-electron chi connectivity index (χ4n) is 4.10. The number of carbonyl (C=O) groups is 1. The molecule has 2 aromatic carbocycles. The number of amides is 1. The number of carbonyl (C=O) groups excluding carboxylic acids is 1. The fraction of sp³-hybridized carbons (Fsp3) is 0.381. The van der Waals surface area contributed by atoms with Crippen LogP contribution in [0.5, 0.6) is 5.75 Å². The Hall–Kier alpha value is -1.46. The molecule has 2 aliphatic rings. The second kappa shape index (κ2) is 8.91. The number of halogens is 3. The molecule has 0 bridgehead atoms. The molecule has 0 radical (unpaired) electrons. The van der Waals surface area contributed by atoms with E-state index in [2.05, 4.69) is 22.3 Å². The van der Waals surface area contributed by atoms with E-state index in [1.54, 1.807) is 12.1 Å². The van der Waals surface area contributed by atoms with E-state index in [4.69, 9.17) is 27.9 Å². The first-order valence-corrected chi connectivity index (χ1v) is 10.1. The molecule has 4 nitrogen and oxygen atoms in total. The highest BCUT2D eigenvalue weighted by molar-refractivity contribution is 6.37. The van der Waals surface area contributed by atoms with Crippen molar-refractivity contribution in [1.29, 1.82) is 0 Å². The number of benzene rings is 2. The molecule has 1 saturated heterocycles. The molecule has 1 atom stereocenters. The number of ether oxygens (including phenoxy) is 1. The van der Waals surface area contributed by atoms with Crippen molar-refractivity contribution in [1.82, 2.24) is 4.90 Å². The van der Waals surface area contributed by atoms with E-state index in [0.29, 0.717) is 34.0 Å². The first kappa shape index (κ1) is 21.3. The third-order valence-electron chi connectivity index (χ3n) is 5.34. The van der Waals surface area contributed by atoms with Gasteiger partial charge in [-0.1, -0.05) is 29.3 Å². The van der Waals surface area contributed by atoms with Gasteiger partial charge in [0.25, 0.3) is 5.91 Å². The monoisotopic (exact) mass is 440 g/mol. The Labute approximate surface area is 181 Å². The van der Waals surface area contributed by atoms with E-state index >= 15 is 0 Å². The maximum absolute atomic E-state index is 12.7. The molecule has 2 heterocycles. The van der Waals surface area contributed by atoms with Crippen LogP contribution in [0.2, 0.25) is 10.0 Å². The standard InChI is InChI=1S/C21H22Cl2N2O2.ClH/c1-2-27-20-17(22)10-14(11-18(20)23)21(26)24-15-6-5-13-7-9-25-8-3-4-19(25)16(13)12-15;/h5-6,10-12,19H,2-4,7-9H2,1H3,(H,24,26);1H. The molecule has 1 fully saturated rings. The van der Waals surface area contributed by atoms with Gasteiger partial charge in [0.05, 0.1) is 16.7 Å². The Morgan fingerprint density at radius 3 is 2.68 bits per heavy atom. The van der Waals surface area contributed by atoms with E-state index in [0.717, 1.165) is 18.7 Å². The number of nitrogens with zero attached hydrogens (tertiary/aromatic N) is 1. The minimum absolute atomic E-state index is 0. The number of fused-ring (bicyclic) bond motifs is 3. The largest absolute Gasteiger partial charge is 0.491 e. The number of anilines is 1. The van der Waals surface area contributed by atoms with Crippen LogP contribution in [0.25, 0.3) is 0 Å². The first-order chi connectivity index (χ1) is 13.1. The van der Waals surface area contributed by atoms with E-state index in [-0.39, 0.29) is 18.3 Å². The number of rotatable bonds is 4. The molecule has 0 aliphatic carbocycles. The minimum atomic E-state index is -0.235. The van der Waals surface area contributed by atoms with Crippen molar-refractivity contribution in [2.24, 2.45) is 0 Å². The molecule has 1 N–H and O–H groups in total. The van der Waals surface area contributed by atoms with E-state index in [1.807, 2.05) is 13.0 Å². The van der Waals surface area contributed by atoms with E-state index in [1.165, 1.54) is 30.5 Å². The van der Waals surface area contributed by atoms with Gasteiger partial charge >= 0.3 is 0 Å². The molecule has 0 aromatic heterocycles. The van der Waals surface area contributed by atoms with Gasteiger partial charge in [-0.2, -0.15) is 0 Å². The zero-order valence-electron chi connectivity index (χ0n) is 15.6. The minimum Gasteiger partial charge on any atom is -0.491 e. The van der Waals surface area contributed by atoms with Gasteiger partial charge in [-0.05, 0) is 68.1 Å². The zero-order chi connectivity index (χ0) is 19.0. The molecule has 150 valence electrons. The second-order valence-corrected chi connectivity index (χ2v) is 7.83. The second-order valence-electron chi connectivity index (χ2n) is 7.01. The molecular weight excluding hydrogens is 419 g/mol. The molecule has 2 aromatic rings. The van der Waals surface area contributed by atoms with Crippen LogP contribution in [-0.2, 0) is 6.42 Å². The zero-order valence-corrected chi connectivity index (χ0v) is 18.0. The lowest BCUT2D eigenvalue weighted by Gasteiger charge is -2.32. The lowest BCUT2D eigenvalue weighted by molar-refractivity contribution is 0.102. The quantitative estimate of drug-likeness (QED) is 0.656. The molecule has 1 unspecified atom stereocenters. The van der Waals surface area contributed by atoms with Crippen molar-refractivity contribution in [3.05, 3.63) is 57.1 Å². The van der Waals surface area contributed by atoms with Crippen molar-refractivity contribution < 1.29 is 9.53 Å². The van der Waals surface area contributed by atoms with Gasteiger partial charge in [-0.15, -0.1) is 12.4 Å². The molecular formula is C21H23Cl3N2O2. The van der Waals surface area contributed by atoms with Gasteiger partial charge in [0.1, 0.15) is 0 Å². The Morgan fingerprint density at radius 1 is 1.21 bits per heavy atom. The number of hydrogen-bond donors (Lipinski definition) is 1. The van der Waals surface area contributed by atoms with Crippen LogP contribution in [-0.4, -0.2) is 30.5 Å². The molecule has 0 saturated carbocycles. The Balaban J connectivity index is 0.00000225. The van der Waals surface area contributed by atoms with Crippen LogP contribution in [0, 0.1) is 0 Å². The molecule has 28 heavy (non-hydrogen) atoms. The Morgan fingerprint density at radius 2 is 1.96 bits per heavy atom. The third kappa shape index (κ3) is 4.11. The van der Waals surface area contributed by atoms with Crippen molar-refractivity contribution in [3.8, 4) is 5.75 Å². The van der Waals surface area contributed by atoms with Crippen molar-refractivity contribution in [3.63, 3.8) is 0 Å². The maximum Gasteiger partial charge on any atom is 0.255 e. The van der Waals surface area contributed by atoms with Gasteiger partial charge in [-0.3, -0.25) is 9.69 Å². The van der Waals surface area contributed by atoms with E-state index in [9.17, 15) is 4.79 Å². The lowest BCUT2D eigenvalue weighted by Crippen LogP contribution is -2.31. The van der Waals surface area contributed by atoms with Crippen molar-refractivity contribution in [2.45, 2.75) is 32.2 Å². The highest BCUT2D eigenvalue weighted by Crippen LogP contribution is 2.39. The van der Waals surface area contributed by atoms with Crippen LogP contribution in [0.15, 0.2) is 30.3 Å². The SMILES string of the molecule is CCOc1c(Cl)cc(C(=O)Nc2ccc3c(c2)C2CCCN2CC3)cc1Cl.Cl. The predicted molar refractivity (Wildman–Crippen MR) is 117 cm³/mol. The lowest BCUT2D eigenvalue weighted by atomic mass is 9.92. The third-order valence-corrected chi connectivity index (χ3v) is 5.91. The number of nitrogens with one attached hydrogen (secondary N) is 1. The summed E-state index contributed by atoms with van der Waals surface area (Å²) in [6, 6.07) is 9.89. The van der Waals surface area contributed by atoms with Crippen molar-refractivity contribution in [2.75, 3.05) is 25.0 Å². The van der Waals surface area contributed by atoms with Gasteiger partial charge in [0.2, 0.25) is 0 Å². The van der Waals surface area contributed by atoms with Gasteiger partial charge in [0.15, 0.2) is 5.75 Å². The average Bonchev–Trinajstić information content (AvgIpc) is 3.13. The van der Waals surface area contributed by atoms with Gasteiger partial charge < -0.3 is 10.1 Å². The van der Waals surface area contributed by atoms with Crippen LogP contribution in [0.3, 0.4) is 0 Å². The average molecular weight is 442 g/mol. The van der Waals surface area contributed by atoms with Gasteiger partial charge in [-0.25, -0.2) is 0 Å². The maximum atomic E-state index is 12.7. The first-order valence-electron chi connectivity index (χ1n) is 9.37. The summed E-state index contributed by atoms with van der Waals surface area (Å²) < 4.78 is 5.42. The predicted octanol–water partition coefficient (Wildman–Crippen LogP) is 5.76. The molecule has 1 amide bonds. The summed E-state index contributed by atoms with van der Waals surface area (Å²) in [4.78, 5) is 15.2. The van der Waals surface area contributed by atoms with Gasteiger partial charge in [0, 0.05) is 23.8 Å². The van der Waals surface area contributed by atoms with Crippen LogP contribution in [0.4, 0.5) is 5.69 Å². The summed E-state index contributed by atoms with van der Waals surface area (Å²) in [5.74, 6) is 0.174.